The van der Waals surface area contributed by atoms with Gasteiger partial charge in [0.25, 0.3) is 5.91 Å². The lowest BCUT2D eigenvalue weighted by molar-refractivity contribution is -0.124. The summed E-state index contributed by atoms with van der Waals surface area (Å²) in [5, 5.41) is 0. The number of hydrogen-bond acceptors (Lipinski definition) is 3. The van der Waals surface area contributed by atoms with Gasteiger partial charge >= 0.3 is 0 Å². The minimum atomic E-state index is -0.317. The third-order valence-electron chi connectivity index (χ3n) is 5.71. The molecule has 2 aromatic rings. The molecular formula is C21H25N3O2. The number of imide groups is 1. The van der Waals surface area contributed by atoms with Gasteiger partial charge in [-0.25, -0.2) is 9.88 Å². The summed E-state index contributed by atoms with van der Waals surface area (Å²) in [7, 11) is 0. The van der Waals surface area contributed by atoms with Crippen LogP contribution in [0.4, 0.5) is 5.69 Å². The average molecular weight is 351 g/mol. The Morgan fingerprint density at radius 3 is 2.35 bits per heavy atom. The van der Waals surface area contributed by atoms with Crippen LogP contribution in [0.2, 0.25) is 0 Å². The van der Waals surface area contributed by atoms with Gasteiger partial charge in [0.05, 0.1) is 12.0 Å². The van der Waals surface area contributed by atoms with E-state index in [1.165, 1.54) is 24.2 Å². The Labute approximate surface area is 154 Å². The van der Waals surface area contributed by atoms with E-state index < -0.39 is 0 Å². The molecule has 0 radical (unpaired) electrons. The van der Waals surface area contributed by atoms with Crippen molar-refractivity contribution in [1.82, 2.24) is 9.55 Å². The van der Waals surface area contributed by atoms with Crippen LogP contribution < -0.4 is 4.90 Å². The van der Waals surface area contributed by atoms with Gasteiger partial charge in [-0.1, -0.05) is 43.9 Å². The van der Waals surface area contributed by atoms with E-state index in [-0.39, 0.29) is 17.7 Å². The molecule has 0 bridgehead atoms. The van der Waals surface area contributed by atoms with Crippen LogP contribution in [-0.2, 0) is 4.79 Å². The van der Waals surface area contributed by atoms with Crippen molar-refractivity contribution in [3.05, 3.63) is 48.5 Å². The molecule has 0 N–H and O–H groups in total. The van der Waals surface area contributed by atoms with Gasteiger partial charge in [-0.05, 0) is 37.8 Å². The maximum atomic E-state index is 13.2. The molecular weight excluding hydrogens is 326 g/mol. The van der Waals surface area contributed by atoms with Gasteiger partial charge in [0, 0.05) is 18.2 Å². The monoisotopic (exact) mass is 351 g/mol. The van der Waals surface area contributed by atoms with Crippen LogP contribution in [0.15, 0.2) is 42.9 Å². The zero-order valence-electron chi connectivity index (χ0n) is 15.0. The Kier molecular flexibility index (Phi) is 4.87. The maximum Gasteiger partial charge on any atom is 0.285 e. The minimum absolute atomic E-state index is 0.0420. The van der Waals surface area contributed by atoms with E-state index in [0.717, 1.165) is 32.1 Å². The molecule has 0 aliphatic heterocycles. The zero-order valence-corrected chi connectivity index (χ0v) is 15.0. The van der Waals surface area contributed by atoms with Crippen LogP contribution in [0.1, 0.15) is 67.9 Å². The number of carbonyl (C=O) groups is 2. The van der Waals surface area contributed by atoms with Crippen molar-refractivity contribution in [2.45, 2.75) is 57.4 Å². The number of nitrogens with zero attached hydrogens (tertiary/aromatic N) is 3. The van der Waals surface area contributed by atoms with E-state index in [1.54, 1.807) is 6.33 Å². The molecule has 4 rings (SSSR count). The molecule has 2 saturated carbocycles. The van der Waals surface area contributed by atoms with E-state index in [9.17, 15) is 9.59 Å². The lowest BCUT2D eigenvalue weighted by Gasteiger charge is -2.30. The second kappa shape index (κ2) is 7.44. The van der Waals surface area contributed by atoms with Crippen molar-refractivity contribution < 1.29 is 9.59 Å². The number of amides is 2. The second-order valence-electron chi connectivity index (χ2n) is 7.44. The van der Waals surface area contributed by atoms with Gasteiger partial charge < -0.3 is 4.57 Å². The van der Waals surface area contributed by atoms with E-state index in [0.29, 0.717) is 17.4 Å². The summed E-state index contributed by atoms with van der Waals surface area (Å²) in [6.45, 7) is 0. The fraction of sp³-hybridized carbons (Fsp3) is 0.476. The van der Waals surface area contributed by atoms with Crippen LogP contribution in [0.25, 0.3) is 0 Å². The van der Waals surface area contributed by atoms with Crippen LogP contribution >= 0.6 is 0 Å². The number of hydrogen-bond donors (Lipinski definition) is 0. The molecule has 2 amide bonds. The van der Waals surface area contributed by atoms with Crippen LogP contribution in [0.5, 0.6) is 0 Å². The first-order valence-electron chi connectivity index (χ1n) is 9.71. The summed E-state index contributed by atoms with van der Waals surface area (Å²) in [6, 6.07) is 9.64. The summed E-state index contributed by atoms with van der Waals surface area (Å²) < 4.78 is 2.06. The normalized spacial score (nSPS) is 18.3. The Morgan fingerprint density at radius 2 is 1.69 bits per heavy atom. The minimum Gasteiger partial charge on any atom is -0.334 e. The van der Waals surface area contributed by atoms with Gasteiger partial charge in [0.1, 0.15) is 5.69 Å². The predicted octanol–water partition coefficient (Wildman–Crippen LogP) is 4.36. The number of aromatic nitrogens is 2. The molecule has 2 fully saturated rings. The second-order valence-corrected chi connectivity index (χ2v) is 7.44. The molecule has 1 heterocycles. The van der Waals surface area contributed by atoms with Crippen LogP contribution in [0.3, 0.4) is 0 Å². The molecule has 0 spiro atoms. The maximum absolute atomic E-state index is 13.2. The van der Waals surface area contributed by atoms with Gasteiger partial charge in [0.2, 0.25) is 5.91 Å². The first-order valence-corrected chi connectivity index (χ1v) is 9.71. The summed E-state index contributed by atoms with van der Waals surface area (Å²) >= 11 is 0. The highest BCUT2D eigenvalue weighted by Crippen LogP contribution is 2.31. The van der Waals surface area contributed by atoms with Crippen molar-refractivity contribution in [1.29, 1.82) is 0 Å². The fourth-order valence-corrected chi connectivity index (χ4v) is 3.90. The Balaban J connectivity index is 1.60. The first kappa shape index (κ1) is 17.0. The average Bonchev–Trinajstić information content (AvgIpc) is 3.12. The SMILES string of the molecule is O=C(c1cn(C2CCCCC2)cn1)N(C(=O)C1CCC1)c1ccccc1. The highest BCUT2D eigenvalue weighted by Gasteiger charge is 2.35. The third kappa shape index (κ3) is 3.30. The first-order chi connectivity index (χ1) is 12.7. The fourth-order valence-electron chi connectivity index (χ4n) is 3.90. The Bertz CT molecular complexity index is 774. The lowest BCUT2D eigenvalue weighted by atomic mass is 9.84. The molecule has 26 heavy (non-hydrogen) atoms. The van der Waals surface area contributed by atoms with Gasteiger partial charge in [-0.2, -0.15) is 0 Å². The van der Waals surface area contributed by atoms with Crippen molar-refractivity contribution in [2.24, 2.45) is 5.92 Å². The number of para-hydroxylation sites is 1. The van der Waals surface area contributed by atoms with Crippen molar-refractivity contribution in [2.75, 3.05) is 4.90 Å². The van der Waals surface area contributed by atoms with E-state index in [1.807, 2.05) is 36.5 Å². The van der Waals surface area contributed by atoms with Crippen LogP contribution in [-0.4, -0.2) is 21.4 Å². The summed E-state index contributed by atoms with van der Waals surface area (Å²) in [6.07, 6.45) is 12.4. The van der Waals surface area contributed by atoms with E-state index in [2.05, 4.69) is 9.55 Å². The number of rotatable bonds is 4. The quantitative estimate of drug-likeness (QED) is 0.769. The molecule has 2 aliphatic rings. The van der Waals surface area contributed by atoms with Gasteiger partial charge in [-0.3, -0.25) is 9.59 Å². The largest absolute Gasteiger partial charge is 0.334 e. The lowest BCUT2D eigenvalue weighted by Crippen LogP contribution is -2.43. The van der Waals surface area contributed by atoms with Gasteiger partial charge in [-0.15, -0.1) is 0 Å². The number of anilines is 1. The molecule has 0 atom stereocenters. The number of benzene rings is 1. The van der Waals surface area contributed by atoms with Crippen molar-refractivity contribution >= 4 is 17.5 Å². The molecule has 0 saturated heterocycles. The third-order valence-corrected chi connectivity index (χ3v) is 5.71. The highest BCUT2D eigenvalue weighted by atomic mass is 16.2. The summed E-state index contributed by atoms with van der Waals surface area (Å²) in [5.74, 6) is -0.457. The molecule has 1 aromatic heterocycles. The van der Waals surface area contributed by atoms with E-state index in [4.69, 9.17) is 0 Å². The topological polar surface area (TPSA) is 55.2 Å². The molecule has 5 heteroatoms. The Hall–Kier alpha value is -2.43. The van der Waals surface area contributed by atoms with Crippen molar-refractivity contribution in [3.63, 3.8) is 0 Å². The standard InChI is InChI=1S/C21H25N3O2/c25-20(16-8-7-9-16)24(18-12-5-2-6-13-18)21(26)19-14-23(15-22-19)17-10-3-1-4-11-17/h2,5-6,12-17H,1,3-4,7-11H2. The predicted molar refractivity (Wildman–Crippen MR) is 99.9 cm³/mol. The molecule has 5 nitrogen and oxygen atoms in total. The Morgan fingerprint density at radius 1 is 0.962 bits per heavy atom. The molecule has 2 aliphatic carbocycles. The van der Waals surface area contributed by atoms with E-state index >= 15 is 0 Å². The smallest absolute Gasteiger partial charge is 0.285 e. The zero-order chi connectivity index (χ0) is 17.9. The summed E-state index contributed by atoms with van der Waals surface area (Å²) in [5.41, 5.74) is 0.980. The van der Waals surface area contributed by atoms with Gasteiger partial charge in [0.15, 0.2) is 0 Å². The van der Waals surface area contributed by atoms with Crippen molar-refractivity contribution in [3.8, 4) is 0 Å². The molecule has 1 aromatic carbocycles. The number of imidazole rings is 1. The summed E-state index contributed by atoms with van der Waals surface area (Å²) in [4.78, 5) is 31.7. The van der Waals surface area contributed by atoms with Crippen LogP contribution in [0, 0.1) is 5.92 Å². The molecule has 0 unspecified atom stereocenters. The molecule has 136 valence electrons. The number of carbonyl (C=O) groups excluding carboxylic acids is 2. The highest BCUT2D eigenvalue weighted by molar-refractivity contribution is 6.21.